The number of nitrogen functional groups attached to an aromatic ring is 1. The van der Waals surface area contributed by atoms with Crippen LogP contribution in [0, 0.1) is 6.92 Å². The van der Waals surface area contributed by atoms with Crippen LogP contribution in [0.5, 0.6) is 0 Å². The Bertz CT molecular complexity index is 527. The Balaban J connectivity index is 2.39. The predicted molar refractivity (Wildman–Crippen MR) is 55.5 cm³/mol. The van der Waals surface area contributed by atoms with Crippen molar-refractivity contribution >= 4 is 5.82 Å². The molecule has 0 fully saturated rings. The summed E-state index contributed by atoms with van der Waals surface area (Å²) in [4.78, 5) is 3.71. The van der Waals surface area contributed by atoms with Crippen LogP contribution < -0.4 is 5.73 Å². The average Bonchev–Trinajstić information content (AvgIpc) is 2.57. The van der Waals surface area contributed by atoms with Gasteiger partial charge in [-0.3, -0.25) is 0 Å². The Morgan fingerprint density at radius 2 is 2.00 bits per heavy atom. The normalized spacial score (nSPS) is 11.8. The van der Waals surface area contributed by atoms with Gasteiger partial charge in [-0.15, -0.1) is 5.10 Å². The molecule has 0 radical (unpaired) electrons. The summed E-state index contributed by atoms with van der Waals surface area (Å²) in [6, 6.07) is 3.82. The molecule has 90 valence electrons. The lowest BCUT2D eigenvalue weighted by atomic mass is 10.3. The third-order valence-electron chi connectivity index (χ3n) is 2.20. The van der Waals surface area contributed by atoms with Crippen molar-refractivity contribution in [2.24, 2.45) is 0 Å². The smallest absolute Gasteiger partial charge is 0.382 e. The number of aromatic nitrogens is 3. The Morgan fingerprint density at radius 1 is 1.29 bits per heavy atom. The molecule has 2 rings (SSSR count). The van der Waals surface area contributed by atoms with Crippen LogP contribution in [0.4, 0.5) is 19.0 Å². The molecule has 0 spiro atoms. The highest BCUT2D eigenvalue weighted by Crippen LogP contribution is 2.28. The highest BCUT2D eigenvalue weighted by atomic mass is 19.4. The molecule has 2 heterocycles. The monoisotopic (exact) mass is 242 g/mol. The van der Waals surface area contributed by atoms with Crippen molar-refractivity contribution in [2.75, 3.05) is 5.73 Å². The molecule has 2 aromatic rings. The third-order valence-corrected chi connectivity index (χ3v) is 2.20. The summed E-state index contributed by atoms with van der Waals surface area (Å²) in [6.45, 7) is 1.74. The molecule has 17 heavy (non-hydrogen) atoms. The van der Waals surface area contributed by atoms with Gasteiger partial charge in [0.25, 0.3) is 0 Å². The maximum absolute atomic E-state index is 12.3. The van der Waals surface area contributed by atoms with Gasteiger partial charge in [-0.05, 0) is 19.1 Å². The number of anilines is 1. The molecular weight excluding hydrogens is 233 g/mol. The summed E-state index contributed by atoms with van der Waals surface area (Å²) in [6.07, 6.45) is -3.61. The second-order valence-electron chi connectivity index (χ2n) is 3.53. The Morgan fingerprint density at radius 3 is 2.41 bits per heavy atom. The van der Waals surface area contributed by atoms with E-state index in [4.69, 9.17) is 5.73 Å². The van der Waals surface area contributed by atoms with E-state index in [-0.39, 0.29) is 0 Å². The zero-order valence-electron chi connectivity index (χ0n) is 8.86. The number of aryl methyl sites for hydroxylation is 1. The van der Waals surface area contributed by atoms with Crippen LogP contribution in [0.15, 0.2) is 24.4 Å². The summed E-state index contributed by atoms with van der Waals surface area (Å²) in [5, 5.41) is 3.92. The summed E-state index contributed by atoms with van der Waals surface area (Å²) in [5.74, 6) is 0.594. The maximum atomic E-state index is 12.3. The number of pyridine rings is 1. The number of nitrogens with two attached hydrogens (primary N) is 1. The van der Waals surface area contributed by atoms with Crippen LogP contribution in [-0.2, 0) is 6.18 Å². The molecule has 0 unspecified atom stereocenters. The van der Waals surface area contributed by atoms with Crippen LogP contribution in [0.2, 0.25) is 0 Å². The standard InChI is InChI=1S/C10H9F3N4/c1-6-4-8(14)16-17(6)9-3-2-7(5-15-9)10(11,12)13/h2-5H,1H3,(H2,14,16). The number of hydrogen-bond acceptors (Lipinski definition) is 3. The number of halogens is 3. The van der Waals surface area contributed by atoms with Crippen LogP contribution >= 0.6 is 0 Å². The van der Waals surface area contributed by atoms with Gasteiger partial charge in [0.05, 0.1) is 5.56 Å². The topological polar surface area (TPSA) is 56.7 Å². The first-order valence-corrected chi connectivity index (χ1v) is 4.73. The number of rotatable bonds is 1. The van der Waals surface area contributed by atoms with Crippen molar-refractivity contribution in [2.45, 2.75) is 13.1 Å². The number of hydrogen-bond donors (Lipinski definition) is 1. The molecule has 0 amide bonds. The van der Waals surface area contributed by atoms with Crippen molar-refractivity contribution in [3.63, 3.8) is 0 Å². The van der Waals surface area contributed by atoms with Crippen molar-refractivity contribution in [1.29, 1.82) is 0 Å². The molecule has 0 aliphatic heterocycles. The molecule has 0 saturated heterocycles. The van der Waals surface area contributed by atoms with Crippen LogP contribution in [0.3, 0.4) is 0 Å². The van der Waals surface area contributed by atoms with Crippen LogP contribution in [0.25, 0.3) is 5.82 Å². The van der Waals surface area contributed by atoms with Gasteiger partial charge in [0, 0.05) is 18.0 Å². The molecular formula is C10H9F3N4. The lowest BCUT2D eigenvalue weighted by Gasteiger charge is -2.07. The second kappa shape index (κ2) is 3.76. The van der Waals surface area contributed by atoms with E-state index in [0.29, 0.717) is 17.3 Å². The minimum atomic E-state index is -4.39. The van der Waals surface area contributed by atoms with Gasteiger partial charge in [0.15, 0.2) is 5.82 Å². The van der Waals surface area contributed by atoms with Crippen LogP contribution in [0.1, 0.15) is 11.3 Å². The van der Waals surface area contributed by atoms with Gasteiger partial charge in [0.2, 0.25) is 0 Å². The molecule has 0 saturated carbocycles. The molecule has 2 N–H and O–H groups in total. The highest BCUT2D eigenvalue weighted by molar-refractivity contribution is 5.35. The first-order chi connectivity index (χ1) is 7.88. The number of alkyl halides is 3. The molecule has 2 aromatic heterocycles. The zero-order chi connectivity index (χ0) is 12.6. The highest BCUT2D eigenvalue weighted by Gasteiger charge is 2.30. The summed E-state index contributed by atoms with van der Waals surface area (Å²) in [7, 11) is 0. The van der Waals surface area contributed by atoms with E-state index in [2.05, 4.69) is 10.1 Å². The second-order valence-corrected chi connectivity index (χ2v) is 3.53. The first kappa shape index (κ1) is 11.4. The van der Waals surface area contributed by atoms with Gasteiger partial charge >= 0.3 is 6.18 Å². The van der Waals surface area contributed by atoms with Crippen LogP contribution in [-0.4, -0.2) is 14.8 Å². The van der Waals surface area contributed by atoms with Gasteiger partial charge in [0.1, 0.15) is 5.82 Å². The minimum Gasteiger partial charge on any atom is -0.382 e. The van der Waals surface area contributed by atoms with E-state index >= 15 is 0 Å². The van der Waals surface area contributed by atoms with Crippen molar-refractivity contribution in [1.82, 2.24) is 14.8 Å². The largest absolute Gasteiger partial charge is 0.417 e. The Hall–Kier alpha value is -2.05. The first-order valence-electron chi connectivity index (χ1n) is 4.73. The minimum absolute atomic E-state index is 0.296. The van der Waals surface area contributed by atoms with Crippen molar-refractivity contribution < 1.29 is 13.2 Å². The van der Waals surface area contributed by atoms with E-state index in [1.54, 1.807) is 13.0 Å². The summed E-state index contributed by atoms with van der Waals surface area (Å²) < 4.78 is 38.4. The van der Waals surface area contributed by atoms with Gasteiger partial charge < -0.3 is 5.73 Å². The average molecular weight is 242 g/mol. The lowest BCUT2D eigenvalue weighted by Crippen LogP contribution is -2.08. The van der Waals surface area contributed by atoms with E-state index in [0.717, 1.165) is 12.3 Å². The Kier molecular flexibility index (Phi) is 2.53. The molecule has 0 bridgehead atoms. The van der Waals surface area contributed by atoms with E-state index < -0.39 is 11.7 Å². The lowest BCUT2D eigenvalue weighted by molar-refractivity contribution is -0.137. The molecule has 0 aliphatic carbocycles. The quantitative estimate of drug-likeness (QED) is 0.833. The molecule has 4 nitrogen and oxygen atoms in total. The Labute approximate surface area is 94.9 Å². The molecule has 0 aromatic carbocycles. The van der Waals surface area contributed by atoms with E-state index in [1.807, 2.05) is 0 Å². The summed E-state index contributed by atoms with van der Waals surface area (Å²) in [5.41, 5.74) is 5.39. The SMILES string of the molecule is Cc1cc(N)nn1-c1ccc(C(F)(F)F)cn1. The van der Waals surface area contributed by atoms with Crippen molar-refractivity contribution in [3.8, 4) is 5.82 Å². The molecule has 7 heteroatoms. The fourth-order valence-corrected chi connectivity index (χ4v) is 1.41. The number of nitrogens with zero attached hydrogens (tertiary/aromatic N) is 3. The van der Waals surface area contributed by atoms with Gasteiger partial charge in [-0.1, -0.05) is 0 Å². The van der Waals surface area contributed by atoms with E-state index in [9.17, 15) is 13.2 Å². The molecule has 0 aliphatic rings. The fourth-order valence-electron chi connectivity index (χ4n) is 1.41. The zero-order valence-corrected chi connectivity index (χ0v) is 8.86. The van der Waals surface area contributed by atoms with Gasteiger partial charge in [-0.25, -0.2) is 9.67 Å². The van der Waals surface area contributed by atoms with E-state index in [1.165, 1.54) is 10.7 Å². The third kappa shape index (κ3) is 2.22. The van der Waals surface area contributed by atoms with Gasteiger partial charge in [-0.2, -0.15) is 13.2 Å². The maximum Gasteiger partial charge on any atom is 0.417 e. The fraction of sp³-hybridized carbons (Fsp3) is 0.200. The predicted octanol–water partition coefficient (Wildman–Crippen LogP) is 2.18. The molecule has 0 atom stereocenters. The summed E-state index contributed by atoms with van der Waals surface area (Å²) >= 11 is 0. The van der Waals surface area contributed by atoms with Crippen molar-refractivity contribution in [3.05, 3.63) is 35.7 Å².